The van der Waals surface area contributed by atoms with Gasteiger partial charge in [-0.2, -0.15) is 5.10 Å². The van der Waals surface area contributed by atoms with Crippen LogP contribution >= 0.6 is 0 Å². The highest BCUT2D eigenvalue weighted by atomic mass is 16.5. The molecule has 1 aliphatic carbocycles. The van der Waals surface area contributed by atoms with E-state index in [1.165, 1.54) is 32.1 Å². The van der Waals surface area contributed by atoms with E-state index in [1.807, 2.05) is 4.68 Å². The number of nitrogens with zero attached hydrogens (tertiary/aromatic N) is 3. The van der Waals surface area contributed by atoms with Gasteiger partial charge in [0, 0.05) is 19.7 Å². The molecule has 1 aromatic heterocycles. The van der Waals surface area contributed by atoms with E-state index in [9.17, 15) is 4.79 Å². The highest BCUT2D eigenvalue weighted by Crippen LogP contribution is 2.23. The molecule has 0 spiro atoms. The number of fused-ring (bicyclic) bond motifs is 1. The summed E-state index contributed by atoms with van der Waals surface area (Å²) >= 11 is 0. The van der Waals surface area contributed by atoms with Gasteiger partial charge in [-0.3, -0.25) is 0 Å². The number of urea groups is 1. The van der Waals surface area contributed by atoms with Crippen molar-refractivity contribution in [1.82, 2.24) is 25.4 Å². The summed E-state index contributed by atoms with van der Waals surface area (Å²) in [6, 6.07) is 0.163. The van der Waals surface area contributed by atoms with E-state index in [4.69, 9.17) is 4.74 Å². The molecule has 0 unspecified atom stereocenters. The number of aromatic nitrogens is 3. The van der Waals surface area contributed by atoms with Gasteiger partial charge in [-0.05, 0) is 25.7 Å². The average Bonchev–Trinajstić information content (AvgIpc) is 2.94. The minimum atomic E-state index is -0.0738. The van der Waals surface area contributed by atoms with Crippen LogP contribution in [-0.4, -0.2) is 33.9 Å². The molecule has 1 fully saturated rings. The minimum absolute atomic E-state index is 0.0644. The zero-order valence-corrected chi connectivity index (χ0v) is 14.6. The molecular formula is C17H29N5O2. The zero-order chi connectivity index (χ0) is 16.8. The second-order valence-electron chi connectivity index (χ2n) is 6.90. The smallest absolute Gasteiger partial charge is 0.315 e. The normalized spacial score (nSPS) is 22.3. The second-order valence-corrected chi connectivity index (χ2v) is 6.90. The van der Waals surface area contributed by atoms with Crippen molar-refractivity contribution in [3.8, 4) is 0 Å². The van der Waals surface area contributed by atoms with Crippen LogP contribution in [-0.2, 0) is 17.9 Å². The largest absolute Gasteiger partial charge is 0.377 e. The number of hydrogen-bond donors (Lipinski definition) is 2. The molecule has 0 bridgehead atoms. The molecule has 134 valence electrons. The lowest BCUT2D eigenvalue weighted by Gasteiger charge is -2.26. The van der Waals surface area contributed by atoms with Crippen molar-refractivity contribution >= 4 is 6.03 Å². The first-order valence-corrected chi connectivity index (χ1v) is 9.26. The van der Waals surface area contributed by atoms with E-state index in [0.717, 1.165) is 38.1 Å². The first-order chi connectivity index (χ1) is 11.8. The first-order valence-electron chi connectivity index (χ1n) is 9.26. The summed E-state index contributed by atoms with van der Waals surface area (Å²) in [6.07, 6.45) is 10.4. The maximum Gasteiger partial charge on any atom is 0.315 e. The fourth-order valence-electron chi connectivity index (χ4n) is 3.71. The third-order valence-electron chi connectivity index (χ3n) is 4.94. The number of rotatable bonds is 4. The van der Waals surface area contributed by atoms with Gasteiger partial charge in [-0.25, -0.2) is 14.5 Å². The fraction of sp³-hybridized carbons (Fsp3) is 0.824. The quantitative estimate of drug-likeness (QED) is 0.886. The van der Waals surface area contributed by atoms with E-state index in [0.29, 0.717) is 18.5 Å². The number of hydrogen-bond acceptors (Lipinski definition) is 4. The number of nitrogens with one attached hydrogen (secondary N) is 2. The van der Waals surface area contributed by atoms with Crippen LogP contribution in [0.1, 0.15) is 75.5 Å². The molecule has 2 N–H and O–H groups in total. The Morgan fingerprint density at radius 1 is 1.12 bits per heavy atom. The van der Waals surface area contributed by atoms with Crippen LogP contribution in [0.25, 0.3) is 0 Å². The van der Waals surface area contributed by atoms with Gasteiger partial charge in [0.2, 0.25) is 0 Å². The summed E-state index contributed by atoms with van der Waals surface area (Å²) in [5.41, 5.74) is 0. The molecule has 1 aromatic rings. The Bertz CT molecular complexity index is 537. The fourth-order valence-corrected chi connectivity index (χ4v) is 3.71. The van der Waals surface area contributed by atoms with Gasteiger partial charge in [0.05, 0.1) is 6.04 Å². The van der Waals surface area contributed by atoms with Crippen molar-refractivity contribution in [3.05, 3.63) is 11.6 Å². The summed E-state index contributed by atoms with van der Waals surface area (Å²) < 4.78 is 7.01. The van der Waals surface area contributed by atoms with Crippen LogP contribution in [0, 0.1) is 0 Å². The molecule has 7 heteroatoms. The first kappa shape index (κ1) is 17.2. The molecule has 1 aliphatic heterocycles. The number of ether oxygens (including phenoxy) is 1. The zero-order valence-electron chi connectivity index (χ0n) is 14.6. The number of carbonyl (C=O) groups excluding carboxylic acids is 1. The Balaban J connectivity index is 1.56. The third-order valence-corrected chi connectivity index (χ3v) is 4.94. The predicted molar refractivity (Wildman–Crippen MR) is 90.5 cm³/mol. The Morgan fingerprint density at radius 3 is 2.62 bits per heavy atom. The van der Waals surface area contributed by atoms with Crippen molar-refractivity contribution in [2.45, 2.75) is 83.0 Å². The van der Waals surface area contributed by atoms with Gasteiger partial charge in [0.1, 0.15) is 12.4 Å². The lowest BCUT2D eigenvalue weighted by molar-refractivity contribution is 0.177. The molecule has 7 nitrogen and oxygen atoms in total. The summed E-state index contributed by atoms with van der Waals surface area (Å²) in [5, 5.41) is 10.7. The Kier molecular flexibility index (Phi) is 6.07. The standard InChI is InChI=1S/C17H29N5O2/c1-24-12-15-20-16-14(10-7-11-22(16)21-15)19-17(23)18-13-8-5-3-2-4-6-9-13/h13-14H,2-12H2,1H3,(H2,18,19,23)/t14-/m1/s1. The molecule has 0 radical (unpaired) electrons. The molecule has 2 aliphatic rings. The second kappa shape index (κ2) is 8.46. The van der Waals surface area contributed by atoms with Crippen molar-refractivity contribution in [1.29, 1.82) is 0 Å². The highest BCUT2D eigenvalue weighted by Gasteiger charge is 2.26. The number of amides is 2. The van der Waals surface area contributed by atoms with Gasteiger partial charge >= 0.3 is 6.03 Å². The molecule has 2 heterocycles. The third kappa shape index (κ3) is 4.47. The summed E-state index contributed by atoms with van der Waals surface area (Å²) in [7, 11) is 1.64. The van der Waals surface area contributed by atoms with Crippen LogP contribution in [0.5, 0.6) is 0 Å². The molecule has 3 rings (SSSR count). The molecule has 1 saturated carbocycles. The Labute approximate surface area is 143 Å². The lowest BCUT2D eigenvalue weighted by Crippen LogP contribution is -2.44. The van der Waals surface area contributed by atoms with Gasteiger partial charge < -0.3 is 15.4 Å². The lowest BCUT2D eigenvalue weighted by atomic mass is 9.97. The maximum absolute atomic E-state index is 12.4. The summed E-state index contributed by atoms with van der Waals surface area (Å²) in [4.78, 5) is 16.9. The summed E-state index contributed by atoms with van der Waals surface area (Å²) in [5.74, 6) is 1.53. The monoisotopic (exact) mass is 335 g/mol. The van der Waals surface area contributed by atoms with E-state index in [1.54, 1.807) is 7.11 Å². The highest BCUT2D eigenvalue weighted by molar-refractivity contribution is 5.74. The van der Waals surface area contributed by atoms with Gasteiger partial charge in [-0.15, -0.1) is 0 Å². The van der Waals surface area contributed by atoms with Crippen LogP contribution in [0.3, 0.4) is 0 Å². The number of methoxy groups -OCH3 is 1. The van der Waals surface area contributed by atoms with Crippen molar-refractivity contribution in [3.63, 3.8) is 0 Å². The van der Waals surface area contributed by atoms with Crippen LogP contribution in [0.2, 0.25) is 0 Å². The number of carbonyl (C=O) groups is 1. The molecular weight excluding hydrogens is 306 g/mol. The van der Waals surface area contributed by atoms with Crippen molar-refractivity contribution in [2.24, 2.45) is 0 Å². The molecule has 2 amide bonds. The summed E-state index contributed by atoms with van der Waals surface area (Å²) in [6.45, 7) is 1.26. The van der Waals surface area contributed by atoms with E-state index in [-0.39, 0.29) is 12.1 Å². The topological polar surface area (TPSA) is 81.1 Å². The van der Waals surface area contributed by atoms with E-state index < -0.39 is 0 Å². The Hall–Kier alpha value is -1.63. The molecule has 0 saturated heterocycles. The molecule has 0 aromatic carbocycles. The SMILES string of the molecule is COCc1nc2n(n1)CCC[C@H]2NC(=O)NC1CCCCCCC1. The van der Waals surface area contributed by atoms with Crippen LogP contribution < -0.4 is 10.6 Å². The number of aryl methyl sites for hydroxylation is 1. The van der Waals surface area contributed by atoms with Gasteiger partial charge in [0.25, 0.3) is 0 Å². The molecule has 24 heavy (non-hydrogen) atoms. The van der Waals surface area contributed by atoms with Gasteiger partial charge in [0.15, 0.2) is 5.82 Å². The predicted octanol–water partition coefficient (Wildman–Crippen LogP) is 2.67. The van der Waals surface area contributed by atoms with E-state index >= 15 is 0 Å². The minimum Gasteiger partial charge on any atom is -0.377 e. The van der Waals surface area contributed by atoms with Gasteiger partial charge in [-0.1, -0.05) is 32.1 Å². The Morgan fingerprint density at radius 2 is 1.88 bits per heavy atom. The van der Waals surface area contributed by atoms with Crippen LogP contribution in [0.15, 0.2) is 0 Å². The van der Waals surface area contributed by atoms with Crippen LogP contribution in [0.4, 0.5) is 4.79 Å². The van der Waals surface area contributed by atoms with Crippen molar-refractivity contribution < 1.29 is 9.53 Å². The average molecular weight is 335 g/mol. The van der Waals surface area contributed by atoms with E-state index in [2.05, 4.69) is 20.7 Å². The van der Waals surface area contributed by atoms with Crippen molar-refractivity contribution in [2.75, 3.05) is 7.11 Å². The molecule has 1 atom stereocenters. The maximum atomic E-state index is 12.4.